The topological polar surface area (TPSA) is 87.7 Å². The molecule has 1 aliphatic heterocycles. The van der Waals surface area contributed by atoms with Gasteiger partial charge >= 0.3 is 6.03 Å². The molecule has 0 saturated carbocycles. The molecule has 0 spiro atoms. The molecule has 0 unspecified atom stereocenters. The Bertz CT molecular complexity index is 1250. The van der Waals surface area contributed by atoms with E-state index in [4.69, 9.17) is 16.3 Å². The maximum Gasteiger partial charge on any atom is 0.333 e. The van der Waals surface area contributed by atoms with Crippen LogP contribution >= 0.6 is 27.5 Å². The molecule has 0 atom stereocenters. The number of amides is 4. The molecule has 2 N–H and O–H groups in total. The molecule has 1 aliphatic rings. The summed E-state index contributed by atoms with van der Waals surface area (Å²) in [4.78, 5) is 38.2. The zero-order valence-corrected chi connectivity index (χ0v) is 19.4. The van der Waals surface area contributed by atoms with E-state index >= 15 is 0 Å². The van der Waals surface area contributed by atoms with Crippen molar-refractivity contribution in [1.82, 2.24) is 5.32 Å². The van der Waals surface area contributed by atoms with Crippen molar-refractivity contribution in [1.29, 1.82) is 0 Å². The fourth-order valence-electron chi connectivity index (χ4n) is 3.11. The number of nitrogens with one attached hydrogen (secondary N) is 2. The summed E-state index contributed by atoms with van der Waals surface area (Å²) >= 11 is 9.29. The third-order valence-electron chi connectivity index (χ3n) is 4.65. The number of urea groups is 1. The van der Waals surface area contributed by atoms with E-state index in [0.717, 1.165) is 4.90 Å². The number of hydrogen-bond donors (Lipinski definition) is 2. The lowest BCUT2D eigenvalue weighted by molar-refractivity contribution is -0.118. The molecule has 33 heavy (non-hydrogen) atoms. The molecule has 166 valence electrons. The number of halogens is 2. The van der Waals surface area contributed by atoms with Gasteiger partial charge in [0.2, 0.25) is 0 Å². The first-order valence-electron chi connectivity index (χ1n) is 9.80. The Morgan fingerprint density at radius 1 is 1.06 bits per heavy atom. The highest BCUT2D eigenvalue weighted by molar-refractivity contribution is 9.10. The van der Waals surface area contributed by atoms with Gasteiger partial charge in [0.15, 0.2) is 6.61 Å². The monoisotopic (exact) mass is 525 g/mol. The van der Waals surface area contributed by atoms with Crippen molar-refractivity contribution in [2.45, 2.75) is 0 Å². The van der Waals surface area contributed by atoms with Gasteiger partial charge in [-0.3, -0.25) is 9.59 Å². The predicted molar refractivity (Wildman–Crippen MR) is 130 cm³/mol. The van der Waals surface area contributed by atoms with Gasteiger partial charge < -0.3 is 15.4 Å². The van der Waals surface area contributed by atoms with E-state index in [9.17, 15) is 14.4 Å². The Labute approximate surface area is 203 Å². The van der Waals surface area contributed by atoms with Crippen LogP contribution in [0.2, 0.25) is 5.02 Å². The number of ether oxygens (including phenoxy) is 1. The Hall–Kier alpha value is -3.62. The van der Waals surface area contributed by atoms with Crippen LogP contribution in [0.1, 0.15) is 5.56 Å². The number of nitrogens with zero attached hydrogens (tertiary/aromatic N) is 1. The maximum atomic E-state index is 12.7. The van der Waals surface area contributed by atoms with Gasteiger partial charge in [0.25, 0.3) is 11.8 Å². The average molecular weight is 527 g/mol. The molecule has 0 bridgehead atoms. The highest BCUT2D eigenvalue weighted by Gasteiger charge is 2.34. The van der Waals surface area contributed by atoms with Crippen LogP contribution in [0, 0.1) is 0 Å². The SMILES string of the molecule is O=C(COc1ccc(/C=C2/NC(=O)N(c3ccc(Cl)cc3)C2=O)cc1Br)Nc1ccccc1. The minimum atomic E-state index is -0.544. The van der Waals surface area contributed by atoms with Gasteiger partial charge in [0.05, 0.1) is 10.2 Å². The van der Waals surface area contributed by atoms with Crippen LogP contribution in [0.15, 0.2) is 83.0 Å². The lowest BCUT2D eigenvalue weighted by Crippen LogP contribution is -2.30. The number of rotatable bonds is 6. The second-order valence-corrected chi connectivity index (χ2v) is 8.29. The third-order valence-corrected chi connectivity index (χ3v) is 5.52. The second kappa shape index (κ2) is 9.89. The highest BCUT2D eigenvalue weighted by Crippen LogP contribution is 2.28. The van der Waals surface area contributed by atoms with E-state index in [2.05, 4.69) is 26.6 Å². The molecule has 1 fully saturated rings. The summed E-state index contributed by atoms with van der Waals surface area (Å²) < 4.78 is 6.18. The lowest BCUT2D eigenvalue weighted by atomic mass is 10.2. The molecule has 7 nitrogen and oxygen atoms in total. The summed E-state index contributed by atoms with van der Waals surface area (Å²) in [5.41, 5.74) is 1.90. The van der Waals surface area contributed by atoms with E-state index in [0.29, 0.717) is 32.2 Å². The third kappa shape index (κ3) is 5.42. The molecule has 1 heterocycles. The molecular weight excluding hydrogens is 510 g/mol. The molecule has 1 saturated heterocycles. The molecule has 3 aromatic rings. The normalized spacial score (nSPS) is 14.4. The van der Waals surface area contributed by atoms with Gasteiger partial charge in [-0.05, 0) is 76.1 Å². The first-order valence-corrected chi connectivity index (χ1v) is 11.0. The quantitative estimate of drug-likeness (QED) is 0.341. The Morgan fingerprint density at radius 3 is 2.48 bits per heavy atom. The van der Waals surface area contributed by atoms with E-state index < -0.39 is 11.9 Å². The molecule has 0 aromatic heterocycles. The van der Waals surface area contributed by atoms with Gasteiger partial charge in [-0.25, -0.2) is 9.69 Å². The minimum absolute atomic E-state index is 0.137. The molecule has 3 aromatic carbocycles. The van der Waals surface area contributed by atoms with Crippen molar-refractivity contribution >= 4 is 62.8 Å². The summed E-state index contributed by atoms with van der Waals surface area (Å²) in [6.45, 7) is -0.168. The van der Waals surface area contributed by atoms with Crippen molar-refractivity contribution in [2.75, 3.05) is 16.8 Å². The number of carbonyl (C=O) groups excluding carboxylic acids is 3. The summed E-state index contributed by atoms with van der Waals surface area (Å²) in [7, 11) is 0. The summed E-state index contributed by atoms with van der Waals surface area (Å²) in [5.74, 6) is -0.304. The fourth-order valence-corrected chi connectivity index (χ4v) is 3.75. The van der Waals surface area contributed by atoms with Crippen molar-refractivity contribution in [2.24, 2.45) is 0 Å². The van der Waals surface area contributed by atoms with E-state index in [-0.39, 0.29) is 18.2 Å². The van der Waals surface area contributed by atoms with Crippen LogP contribution in [0.5, 0.6) is 5.75 Å². The van der Waals surface area contributed by atoms with Gasteiger partial charge in [-0.1, -0.05) is 35.9 Å². The number of anilines is 2. The number of hydrogen-bond acceptors (Lipinski definition) is 4. The Morgan fingerprint density at radius 2 is 1.79 bits per heavy atom. The minimum Gasteiger partial charge on any atom is -0.483 e. The molecule has 0 radical (unpaired) electrons. The van der Waals surface area contributed by atoms with Gasteiger partial charge in [0, 0.05) is 10.7 Å². The van der Waals surface area contributed by atoms with E-state index in [1.807, 2.05) is 18.2 Å². The lowest BCUT2D eigenvalue weighted by Gasteiger charge is -2.11. The van der Waals surface area contributed by atoms with Crippen LogP contribution in [0.4, 0.5) is 16.2 Å². The fraction of sp³-hybridized carbons (Fsp3) is 0.0417. The number of carbonyl (C=O) groups is 3. The molecule has 4 amide bonds. The molecule has 4 rings (SSSR count). The van der Waals surface area contributed by atoms with Gasteiger partial charge in [-0.2, -0.15) is 0 Å². The van der Waals surface area contributed by atoms with Gasteiger partial charge in [0.1, 0.15) is 11.4 Å². The Balaban J connectivity index is 1.42. The van der Waals surface area contributed by atoms with E-state index in [1.165, 1.54) is 0 Å². The first-order chi connectivity index (χ1) is 15.9. The Kier molecular flexibility index (Phi) is 6.76. The number of para-hydroxylation sites is 1. The van der Waals surface area contributed by atoms with Crippen LogP contribution in [-0.2, 0) is 9.59 Å². The van der Waals surface area contributed by atoms with Crippen molar-refractivity contribution in [3.63, 3.8) is 0 Å². The number of benzene rings is 3. The number of imide groups is 1. The van der Waals surface area contributed by atoms with Crippen molar-refractivity contribution < 1.29 is 19.1 Å². The van der Waals surface area contributed by atoms with Crippen molar-refractivity contribution in [3.05, 3.63) is 93.6 Å². The standard InChI is InChI=1S/C24H17BrClN3O4/c25-19-12-15(6-11-21(19)33-14-22(30)27-17-4-2-1-3-5-17)13-20-23(31)29(24(32)28-20)18-9-7-16(26)8-10-18/h1-13H,14H2,(H,27,30)(H,28,32)/b20-13+. The summed E-state index contributed by atoms with van der Waals surface area (Å²) in [6, 6.07) is 20.1. The van der Waals surface area contributed by atoms with Crippen molar-refractivity contribution in [3.8, 4) is 5.75 Å². The molecule has 9 heteroatoms. The average Bonchev–Trinajstić information content (AvgIpc) is 3.07. The highest BCUT2D eigenvalue weighted by atomic mass is 79.9. The summed E-state index contributed by atoms with van der Waals surface area (Å²) in [6.07, 6.45) is 1.56. The maximum absolute atomic E-state index is 12.7. The summed E-state index contributed by atoms with van der Waals surface area (Å²) in [5, 5.41) is 5.83. The molecule has 0 aliphatic carbocycles. The smallest absolute Gasteiger partial charge is 0.333 e. The van der Waals surface area contributed by atoms with Crippen LogP contribution in [-0.4, -0.2) is 24.5 Å². The van der Waals surface area contributed by atoms with Gasteiger partial charge in [-0.15, -0.1) is 0 Å². The van der Waals surface area contributed by atoms with Crippen LogP contribution in [0.25, 0.3) is 6.08 Å². The van der Waals surface area contributed by atoms with E-state index in [1.54, 1.807) is 60.7 Å². The molecular formula is C24H17BrClN3O4. The second-order valence-electron chi connectivity index (χ2n) is 7.00. The largest absolute Gasteiger partial charge is 0.483 e. The zero-order valence-electron chi connectivity index (χ0n) is 17.0. The predicted octanol–water partition coefficient (Wildman–Crippen LogP) is 5.22. The first kappa shape index (κ1) is 22.6. The van der Waals surface area contributed by atoms with Crippen LogP contribution < -0.4 is 20.3 Å². The van der Waals surface area contributed by atoms with Crippen LogP contribution in [0.3, 0.4) is 0 Å². The zero-order chi connectivity index (χ0) is 23.4.